The molecule has 0 aliphatic carbocycles. The minimum atomic E-state index is -1.30. The van der Waals surface area contributed by atoms with E-state index >= 15 is 0 Å². The summed E-state index contributed by atoms with van der Waals surface area (Å²) in [5.74, 6) is -2.59. The molecular weight excluding hydrogens is 532 g/mol. The maximum Gasteiger partial charge on any atom is 0.408 e. The summed E-state index contributed by atoms with van der Waals surface area (Å²) >= 11 is 0. The van der Waals surface area contributed by atoms with Crippen LogP contribution in [0.3, 0.4) is 0 Å². The van der Waals surface area contributed by atoms with Crippen LogP contribution in [0.1, 0.15) is 64.4 Å². The number of hydrogen-bond donors (Lipinski definition) is 5. The van der Waals surface area contributed by atoms with Crippen LogP contribution in [0.15, 0.2) is 48.5 Å². The van der Waals surface area contributed by atoms with Gasteiger partial charge in [0, 0.05) is 17.8 Å². The Bertz CT molecular complexity index is 1270. The lowest BCUT2D eigenvalue weighted by Crippen LogP contribution is -2.47. The quantitative estimate of drug-likeness (QED) is 0.297. The molecule has 0 aliphatic rings. The van der Waals surface area contributed by atoms with Crippen LogP contribution in [0.2, 0.25) is 0 Å². The van der Waals surface area contributed by atoms with Crippen LogP contribution in [0, 0.1) is 0 Å². The first-order valence-corrected chi connectivity index (χ1v) is 12.9. The Balaban J connectivity index is 2.25. The lowest BCUT2D eigenvalue weighted by atomic mass is 10.0. The molecule has 0 spiro atoms. The van der Waals surface area contributed by atoms with Gasteiger partial charge in [-0.3, -0.25) is 9.59 Å². The maximum atomic E-state index is 13.3. The molecule has 0 radical (unpaired) electrons. The fourth-order valence-electron chi connectivity index (χ4n) is 3.43. The Morgan fingerprint density at radius 3 is 1.73 bits per heavy atom. The van der Waals surface area contributed by atoms with Crippen molar-refractivity contribution in [1.29, 1.82) is 0 Å². The fraction of sp³-hybridized carbons (Fsp3) is 0.414. The van der Waals surface area contributed by atoms with E-state index in [9.17, 15) is 29.1 Å². The first-order valence-electron chi connectivity index (χ1n) is 12.9. The van der Waals surface area contributed by atoms with E-state index in [0.717, 1.165) is 5.56 Å². The van der Waals surface area contributed by atoms with Gasteiger partial charge in [-0.25, -0.2) is 14.4 Å². The van der Waals surface area contributed by atoms with Gasteiger partial charge >= 0.3 is 18.2 Å². The van der Waals surface area contributed by atoms with Crippen molar-refractivity contribution in [3.05, 3.63) is 59.7 Å². The Hall–Kier alpha value is -4.61. The molecule has 5 N–H and O–H groups in total. The van der Waals surface area contributed by atoms with Crippen molar-refractivity contribution in [1.82, 2.24) is 10.6 Å². The fourth-order valence-corrected chi connectivity index (χ4v) is 3.43. The lowest BCUT2D eigenvalue weighted by Gasteiger charge is -2.23. The van der Waals surface area contributed by atoms with Crippen molar-refractivity contribution in [2.24, 2.45) is 0 Å². The number of anilines is 2. The van der Waals surface area contributed by atoms with Crippen molar-refractivity contribution < 1.29 is 38.6 Å². The number of benzene rings is 2. The third-order valence-electron chi connectivity index (χ3n) is 5.13. The minimum Gasteiger partial charge on any atom is -0.478 e. The molecule has 0 aromatic heterocycles. The van der Waals surface area contributed by atoms with Crippen LogP contribution >= 0.6 is 0 Å². The van der Waals surface area contributed by atoms with Gasteiger partial charge in [-0.1, -0.05) is 30.3 Å². The topological polar surface area (TPSA) is 172 Å². The number of alkyl carbamates (subject to hydrolysis) is 2. The predicted octanol–water partition coefficient (Wildman–Crippen LogP) is 4.31. The Labute approximate surface area is 239 Å². The molecule has 0 saturated heterocycles. The van der Waals surface area contributed by atoms with Gasteiger partial charge in [0.15, 0.2) is 0 Å². The molecule has 4 amide bonds. The van der Waals surface area contributed by atoms with E-state index in [1.54, 1.807) is 65.8 Å². The summed E-state index contributed by atoms with van der Waals surface area (Å²) in [6.07, 6.45) is -1.47. The largest absolute Gasteiger partial charge is 0.478 e. The normalized spacial score (nSPS) is 12.8. The second-order valence-corrected chi connectivity index (χ2v) is 11.3. The highest BCUT2D eigenvalue weighted by Gasteiger charge is 2.26. The zero-order chi connectivity index (χ0) is 31.0. The molecule has 0 bridgehead atoms. The first-order chi connectivity index (χ1) is 18.9. The number of rotatable bonds is 9. The highest BCUT2D eigenvalue weighted by molar-refractivity contribution is 6.01. The molecule has 222 valence electrons. The summed E-state index contributed by atoms with van der Waals surface area (Å²) in [6.45, 7) is 11.5. The van der Waals surface area contributed by atoms with Crippen molar-refractivity contribution in [3.8, 4) is 0 Å². The number of carboxylic acids is 1. The zero-order valence-electron chi connectivity index (χ0n) is 24.3. The highest BCUT2D eigenvalue weighted by Crippen LogP contribution is 2.21. The number of nitrogens with one attached hydrogen (secondary N) is 4. The van der Waals surface area contributed by atoms with Crippen LogP contribution in [0.4, 0.5) is 21.0 Å². The van der Waals surface area contributed by atoms with E-state index in [1.807, 2.05) is 6.07 Å². The average Bonchev–Trinajstić information content (AvgIpc) is 2.81. The van der Waals surface area contributed by atoms with E-state index in [0.29, 0.717) is 0 Å². The van der Waals surface area contributed by atoms with Gasteiger partial charge in [0.1, 0.15) is 23.3 Å². The number of hydrogen-bond acceptors (Lipinski definition) is 7. The SMILES string of the molecule is C[C@H](NC(=O)OC(C)(C)C)C(=O)Nc1cc(NC(=O)[C@H](Cc2ccccc2)NC(=O)OC(C)(C)C)cc(C(=O)O)c1. The molecule has 0 aliphatic heterocycles. The molecule has 12 nitrogen and oxygen atoms in total. The minimum absolute atomic E-state index is 0.0574. The Morgan fingerprint density at radius 2 is 1.24 bits per heavy atom. The number of ether oxygens (including phenoxy) is 2. The smallest absolute Gasteiger partial charge is 0.408 e. The van der Waals surface area contributed by atoms with Gasteiger partial charge in [0.05, 0.1) is 5.56 Å². The summed E-state index contributed by atoms with van der Waals surface area (Å²) in [5, 5.41) is 19.7. The summed E-state index contributed by atoms with van der Waals surface area (Å²) < 4.78 is 10.4. The standard InChI is InChI=1S/C29H38N4O8/c1-17(30-26(38)40-28(2,3)4)23(34)31-20-14-19(25(36)37)15-21(16-20)32-24(35)22(13-18-11-9-8-10-12-18)33-27(39)41-29(5,6)7/h8-12,14-17,22H,13H2,1-7H3,(H,30,38)(H,31,34)(H,32,35)(H,33,39)(H,36,37)/t17-,22-/m0/s1. The monoisotopic (exact) mass is 570 g/mol. The van der Waals surface area contributed by atoms with Crippen molar-refractivity contribution in [2.75, 3.05) is 10.6 Å². The van der Waals surface area contributed by atoms with E-state index in [-0.39, 0.29) is 23.4 Å². The molecule has 2 atom stereocenters. The van der Waals surface area contributed by atoms with Gasteiger partial charge in [-0.15, -0.1) is 0 Å². The number of amides is 4. The van der Waals surface area contributed by atoms with Gasteiger partial charge in [0.2, 0.25) is 11.8 Å². The van der Waals surface area contributed by atoms with Crippen molar-refractivity contribution >= 4 is 41.3 Å². The van der Waals surface area contributed by atoms with Crippen molar-refractivity contribution in [2.45, 2.75) is 78.2 Å². The zero-order valence-corrected chi connectivity index (χ0v) is 24.3. The second-order valence-electron chi connectivity index (χ2n) is 11.3. The van der Waals surface area contributed by atoms with Gasteiger partial charge < -0.3 is 35.8 Å². The lowest BCUT2D eigenvalue weighted by molar-refractivity contribution is -0.118. The summed E-state index contributed by atoms with van der Waals surface area (Å²) in [7, 11) is 0. The summed E-state index contributed by atoms with van der Waals surface area (Å²) in [5.41, 5.74) is -0.895. The van der Waals surface area contributed by atoms with Crippen LogP contribution in [0.25, 0.3) is 0 Å². The molecule has 2 aromatic carbocycles. The number of aromatic carboxylic acids is 1. The molecule has 0 saturated carbocycles. The summed E-state index contributed by atoms with van der Waals surface area (Å²) in [6, 6.07) is 10.7. The molecule has 0 unspecified atom stereocenters. The van der Waals surface area contributed by atoms with Crippen molar-refractivity contribution in [3.63, 3.8) is 0 Å². The molecule has 0 fully saturated rings. The molecule has 41 heavy (non-hydrogen) atoms. The molecular formula is C29H38N4O8. The number of carbonyl (C=O) groups is 5. The molecule has 2 aromatic rings. The second kappa shape index (κ2) is 13.6. The van der Waals surface area contributed by atoms with Crippen LogP contribution in [-0.2, 0) is 25.5 Å². The molecule has 0 heterocycles. The Morgan fingerprint density at radius 1 is 0.756 bits per heavy atom. The first kappa shape index (κ1) is 32.6. The molecule has 12 heteroatoms. The van der Waals surface area contributed by atoms with Crippen LogP contribution in [-0.4, -0.2) is 58.4 Å². The van der Waals surface area contributed by atoms with Gasteiger partial charge in [-0.05, 0) is 72.2 Å². The van der Waals surface area contributed by atoms with E-state index in [4.69, 9.17) is 9.47 Å². The van der Waals surface area contributed by atoms with E-state index in [1.165, 1.54) is 25.1 Å². The molecule has 2 rings (SSSR count). The predicted molar refractivity (Wildman–Crippen MR) is 153 cm³/mol. The maximum absolute atomic E-state index is 13.3. The number of carbonyl (C=O) groups excluding carboxylic acids is 4. The third kappa shape index (κ3) is 12.0. The highest BCUT2D eigenvalue weighted by atomic mass is 16.6. The van der Waals surface area contributed by atoms with Crippen LogP contribution < -0.4 is 21.3 Å². The average molecular weight is 571 g/mol. The summed E-state index contributed by atoms with van der Waals surface area (Å²) in [4.78, 5) is 62.3. The van der Waals surface area contributed by atoms with E-state index < -0.39 is 53.3 Å². The van der Waals surface area contributed by atoms with Crippen LogP contribution in [0.5, 0.6) is 0 Å². The number of carboxylic acid groups (broad SMARTS) is 1. The Kier molecular flexibility index (Phi) is 10.8. The third-order valence-corrected chi connectivity index (χ3v) is 5.13. The van der Waals surface area contributed by atoms with Gasteiger partial charge in [0.25, 0.3) is 0 Å². The van der Waals surface area contributed by atoms with Gasteiger partial charge in [-0.2, -0.15) is 0 Å². The van der Waals surface area contributed by atoms with E-state index in [2.05, 4.69) is 21.3 Å².